The monoisotopic (exact) mass is 460 g/mol. The number of ether oxygens (including phenoxy) is 2. The number of piperidine rings is 1. The first-order chi connectivity index (χ1) is 15.6. The molecule has 9 heteroatoms. The van der Waals surface area contributed by atoms with Gasteiger partial charge in [-0.05, 0) is 37.5 Å². The largest absolute Gasteiger partial charge is 0.486 e. The number of nitrogens with zero attached hydrogens (tertiary/aromatic N) is 4. The van der Waals surface area contributed by atoms with Crippen LogP contribution >= 0.6 is 11.3 Å². The summed E-state index contributed by atoms with van der Waals surface area (Å²) in [4.78, 5) is 12.3. The van der Waals surface area contributed by atoms with E-state index in [4.69, 9.17) is 9.47 Å². The first-order valence-corrected chi connectivity index (χ1v) is 12.3. The third-order valence-corrected chi connectivity index (χ3v) is 7.89. The quantitative estimate of drug-likeness (QED) is 0.703. The lowest BCUT2D eigenvalue weighted by molar-refractivity contribution is -0.0325. The smallest absolute Gasteiger partial charge is 0.185 e. The summed E-state index contributed by atoms with van der Waals surface area (Å²) in [6, 6.07) is 6.57. The van der Waals surface area contributed by atoms with Gasteiger partial charge in [0.2, 0.25) is 0 Å². The summed E-state index contributed by atoms with van der Waals surface area (Å²) in [5.41, 5.74) is 1.24. The number of hydrogen-bond acceptors (Lipinski definition) is 9. The third kappa shape index (κ3) is 4.58. The number of benzene rings is 1. The molecule has 2 atom stereocenters. The number of aliphatic hydroxyl groups excluding tert-OH is 2. The molecule has 2 aromatic rings. The Labute approximate surface area is 193 Å². The van der Waals surface area contributed by atoms with E-state index in [1.807, 2.05) is 11.0 Å². The van der Waals surface area contributed by atoms with Crippen molar-refractivity contribution in [3.63, 3.8) is 0 Å². The van der Waals surface area contributed by atoms with Crippen molar-refractivity contribution in [2.45, 2.75) is 38.1 Å². The van der Waals surface area contributed by atoms with Crippen LogP contribution in [-0.4, -0.2) is 83.6 Å². The molecular weight excluding hydrogens is 428 g/mol. The number of aromatic nitrogens is 1. The standard InChI is InChI=1S/C23H32N4O4S/c1-16(17-2-3-19-20(14-17)31-13-12-30-19)25-8-10-27(11-9-25)23-24-15-21(32-23)22(29)26-6-4-18(28)5-7-26/h2-3,14-16,18,22,28-29H,4-13H2,1H3. The van der Waals surface area contributed by atoms with Crippen LogP contribution in [0, 0.1) is 0 Å². The van der Waals surface area contributed by atoms with E-state index in [2.05, 4.69) is 33.8 Å². The Balaban J connectivity index is 1.17. The van der Waals surface area contributed by atoms with Crippen molar-refractivity contribution >= 4 is 16.5 Å². The number of anilines is 1. The van der Waals surface area contributed by atoms with Crippen molar-refractivity contribution in [1.82, 2.24) is 14.8 Å². The van der Waals surface area contributed by atoms with Gasteiger partial charge in [0.25, 0.3) is 0 Å². The Morgan fingerprint density at radius 2 is 1.72 bits per heavy atom. The fourth-order valence-corrected chi connectivity index (χ4v) is 5.67. The molecule has 8 nitrogen and oxygen atoms in total. The summed E-state index contributed by atoms with van der Waals surface area (Å²) in [5.74, 6) is 1.68. The topological polar surface area (TPSA) is 81.5 Å². The molecule has 2 unspecified atom stereocenters. The summed E-state index contributed by atoms with van der Waals surface area (Å²) in [7, 11) is 0. The molecule has 2 N–H and O–H groups in total. The van der Waals surface area contributed by atoms with Gasteiger partial charge in [0, 0.05) is 51.5 Å². The van der Waals surface area contributed by atoms with Crippen molar-refractivity contribution in [1.29, 1.82) is 0 Å². The van der Waals surface area contributed by atoms with Crippen LogP contribution in [0.3, 0.4) is 0 Å². The van der Waals surface area contributed by atoms with Gasteiger partial charge in [-0.2, -0.15) is 0 Å². The van der Waals surface area contributed by atoms with Gasteiger partial charge in [-0.3, -0.25) is 9.80 Å². The van der Waals surface area contributed by atoms with E-state index in [1.165, 1.54) is 5.56 Å². The molecule has 4 heterocycles. The first-order valence-electron chi connectivity index (χ1n) is 11.5. The van der Waals surface area contributed by atoms with Gasteiger partial charge in [0.15, 0.2) is 16.6 Å². The van der Waals surface area contributed by atoms with E-state index < -0.39 is 6.23 Å². The zero-order chi connectivity index (χ0) is 22.1. The van der Waals surface area contributed by atoms with Crippen molar-refractivity contribution < 1.29 is 19.7 Å². The number of hydrogen-bond donors (Lipinski definition) is 2. The van der Waals surface area contributed by atoms with Gasteiger partial charge in [-0.15, -0.1) is 0 Å². The second kappa shape index (κ2) is 9.52. The molecule has 0 radical (unpaired) electrons. The van der Waals surface area contributed by atoms with E-state index in [-0.39, 0.29) is 6.10 Å². The lowest BCUT2D eigenvalue weighted by atomic mass is 10.1. The lowest BCUT2D eigenvalue weighted by Crippen LogP contribution is -2.47. The Hall–Kier alpha value is -1.91. The number of rotatable bonds is 5. The molecule has 2 fully saturated rings. The maximum absolute atomic E-state index is 10.7. The number of likely N-dealkylation sites (tertiary alicyclic amines) is 1. The van der Waals surface area contributed by atoms with Crippen LogP contribution in [-0.2, 0) is 0 Å². The van der Waals surface area contributed by atoms with Gasteiger partial charge in [-0.1, -0.05) is 17.4 Å². The van der Waals surface area contributed by atoms with E-state index in [9.17, 15) is 10.2 Å². The second-order valence-electron chi connectivity index (χ2n) is 8.79. The Kier molecular flexibility index (Phi) is 6.52. The van der Waals surface area contributed by atoms with E-state index in [1.54, 1.807) is 17.5 Å². The van der Waals surface area contributed by atoms with Crippen molar-refractivity contribution in [2.24, 2.45) is 0 Å². The van der Waals surface area contributed by atoms with E-state index >= 15 is 0 Å². The minimum Gasteiger partial charge on any atom is -0.486 e. The molecule has 0 aliphatic carbocycles. The zero-order valence-electron chi connectivity index (χ0n) is 18.5. The first kappa shape index (κ1) is 21.9. The minimum absolute atomic E-state index is 0.240. The Morgan fingerprint density at radius 1 is 1.00 bits per heavy atom. The van der Waals surface area contributed by atoms with Gasteiger partial charge in [0.05, 0.1) is 11.0 Å². The Bertz CT molecular complexity index is 909. The highest BCUT2D eigenvalue weighted by Gasteiger charge is 2.28. The average molecular weight is 461 g/mol. The SMILES string of the molecule is CC(c1ccc2c(c1)OCCO2)N1CCN(c2ncc(C(O)N3CCC(O)CC3)s2)CC1. The maximum Gasteiger partial charge on any atom is 0.185 e. The van der Waals surface area contributed by atoms with Crippen LogP contribution < -0.4 is 14.4 Å². The molecular formula is C23H32N4O4S. The highest BCUT2D eigenvalue weighted by atomic mass is 32.1. The number of thiazole rings is 1. The number of fused-ring (bicyclic) bond motifs is 1. The molecule has 0 amide bonds. The van der Waals surface area contributed by atoms with E-state index in [0.29, 0.717) is 45.2 Å². The molecule has 3 aliphatic heterocycles. The highest BCUT2D eigenvalue weighted by molar-refractivity contribution is 7.15. The molecule has 2 saturated heterocycles. The van der Waals surface area contributed by atoms with Crippen LogP contribution in [0.5, 0.6) is 11.5 Å². The predicted octanol–water partition coefficient (Wildman–Crippen LogP) is 2.25. The molecule has 1 aromatic heterocycles. The molecule has 0 spiro atoms. The lowest BCUT2D eigenvalue weighted by Gasteiger charge is -2.38. The third-order valence-electron chi connectivity index (χ3n) is 6.79. The van der Waals surface area contributed by atoms with Gasteiger partial charge < -0.3 is 24.6 Å². The van der Waals surface area contributed by atoms with Crippen LogP contribution in [0.1, 0.15) is 42.5 Å². The predicted molar refractivity (Wildman–Crippen MR) is 124 cm³/mol. The minimum atomic E-state index is -0.634. The van der Waals surface area contributed by atoms with Crippen LogP contribution in [0.15, 0.2) is 24.4 Å². The average Bonchev–Trinajstić information content (AvgIpc) is 3.34. The van der Waals surface area contributed by atoms with Crippen molar-refractivity contribution in [3.05, 3.63) is 34.8 Å². The van der Waals surface area contributed by atoms with Crippen LogP contribution in [0.2, 0.25) is 0 Å². The molecule has 1 aromatic carbocycles. The Morgan fingerprint density at radius 3 is 2.47 bits per heavy atom. The fraction of sp³-hybridized carbons (Fsp3) is 0.609. The summed E-state index contributed by atoms with van der Waals surface area (Å²) in [5, 5.41) is 21.4. The highest BCUT2D eigenvalue weighted by Crippen LogP contribution is 2.35. The molecule has 3 aliphatic rings. The molecule has 174 valence electrons. The van der Waals surface area contributed by atoms with Gasteiger partial charge >= 0.3 is 0 Å². The van der Waals surface area contributed by atoms with Gasteiger partial charge in [0.1, 0.15) is 19.4 Å². The summed E-state index contributed by atoms with van der Waals surface area (Å²) < 4.78 is 11.4. The summed E-state index contributed by atoms with van der Waals surface area (Å²) >= 11 is 1.58. The second-order valence-corrected chi connectivity index (χ2v) is 9.83. The van der Waals surface area contributed by atoms with E-state index in [0.717, 1.165) is 47.7 Å². The number of aliphatic hydroxyl groups is 2. The fourth-order valence-electron chi connectivity index (χ4n) is 4.68. The summed E-state index contributed by atoms with van der Waals surface area (Å²) in [6.45, 7) is 8.62. The molecule has 0 bridgehead atoms. The normalized spacial score (nSPS) is 22.7. The molecule has 0 saturated carbocycles. The zero-order valence-corrected chi connectivity index (χ0v) is 19.3. The summed E-state index contributed by atoms with van der Waals surface area (Å²) in [6.07, 6.45) is 2.36. The molecule has 5 rings (SSSR count). The molecule has 32 heavy (non-hydrogen) atoms. The van der Waals surface area contributed by atoms with Crippen LogP contribution in [0.25, 0.3) is 0 Å². The van der Waals surface area contributed by atoms with Crippen molar-refractivity contribution in [2.75, 3.05) is 57.4 Å². The van der Waals surface area contributed by atoms with Gasteiger partial charge in [-0.25, -0.2) is 4.98 Å². The number of piperazine rings is 1. The maximum atomic E-state index is 10.7. The van der Waals surface area contributed by atoms with Crippen molar-refractivity contribution in [3.8, 4) is 11.5 Å². The van der Waals surface area contributed by atoms with Crippen LogP contribution in [0.4, 0.5) is 5.13 Å².